The second-order valence-electron chi connectivity index (χ2n) is 6.71. The van der Waals surface area contributed by atoms with E-state index in [0.717, 1.165) is 44.2 Å². The summed E-state index contributed by atoms with van der Waals surface area (Å²) in [5, 5.41) is 0.714. The van der Waals surface area contributed by atoms with E-state index in [1.165, 1.54) is 0 Å². The highest BCUT2D eigenvalue weighted by molar-refractivity contribution is 6.30. The predicted octanol–water partition coefficient (Wildman–Crippen LogP) is 3.00. The molecule has 6 heteroatoms. The van der Waals surface area contributed by atoms with Crippen LogP contribution < -0.4 is 9.64 Å². The van der Waals surface area contributed by atoms with Gasteiger partial charge in [0, 0.05) is 50.5 Å². The van der Waals surface area contributed by atoms with Crippen molar-refractivity contribution in [3.8, 4) is 5.75 Å². The molecule has 0 atom stereocenters. The third-order valence-electron chi connectivity index (χ3n) is 4.83. The summed E-state index contributed by atoms with van der Waals surface area (Å²) in [5.41, 5.74) is 0.931. The van der Waals surface area contributed by atoms with Crippen LogP contribution in [0.1, 0.15) is 0 Å². The Morgan fingerprint density at radius 3 is 2.30 bits per heavy atom. The van der Waals surface area contributed by atoms with Crippen molar-refractivity contribution >= 4 is 23.2 Å². The highest BCUT2D eigenvalue weighted by Gasteiger charge is 2.20. The van der Waals surface area contributed by atoms with E-state index >= 15 is 0 Å². The van der Waals surface area contributed by atoms with Crippen molar-refractivity contribution in [3.63, 3.8) is 0 Å². The van der Waals surface area contributed by atoms with Gasteiger partial charge >= 0.3 is 0 Å². The third kappa shape index (κ3) is 5.96. The number of halogens is 1. The molecule has 0 N–H and O–H groups in total. The van der Waals surface area contributed by atoms with Crippen LogP contribution in [0, 0.1) is 0 Å². The molecular formula is C21H26ClN3O2. The van der Waals surface area contributed by atoms with Gasteiger partial charge in [-0.2, -0.15) is 0 Å². The molecule has 1 fully saturated rings. The molecule has 5 nitrogen and oxygen atoms in total. The highest BCUT2D eigenvalue weighted by atomic mass is 35.5. The monoisotopic (exact) mass is 387 g/mol. The molecular weight excluding hydrogens is 362 g/mol. The van der Waals surface area contributed by atoms with Crippen LogP contribution in [0.25, 0.3) is 0 Å². The summed E-state index contributed by atoms with van der Waals surface area (Å²) in [4.78, 5) is 18.8. The van der Waals surface area contributed by atoms with Crippen LogP contribution in [0.3, 0.4) is 0 Å². The number of likely N-dealkylation sites (N-methyl/N-ethyl adjacent to an activating group) is 1. The molecule has 1 aliphatic heterocycles. The molecule has 0 radical (unpaired) electrons. The zero-order chi connectivity index (χ0) is 19.1. The molecule has 2 aromatic rings. The van der Waals surface area contributed by atoms with Crippen LogP contribution in [0.2, 0.25) is 5.02 Å². The summed E-state index contributed by atoms with van der Waals surface area (Å²) in [6.07, 6.45) is 0. The topological polar surface area (TPSA) is 36.0 Å². The van der Waals surface area contributed by atoms with E-state index in [2.05, 4.69) is 9.80 Å². The van der Waals surface area contributed by atoms with Crippen LogP contribution in [0.4, 0.5) is 5.69 Å². The average molecular weight is 388 g/mol. The van der Waals surface area contributed by atoms with Crippen molar-refractivity contribution < 1.29 is 9.53 Å². The summed E-state index contributed by atoms with van der Waals surface area (Å²) in [6, 6.07) is 17.2. The van der Waals surface area contributed by atoms with Gasteiger partial charge in [-0.05, 0) is 36.4 Å². The number of amides is 1. The zero-order valence-electron chi connectivity index (χ0n) is 15.7. The van der Waals surface area contributed by atoms with Gasteiger partial charge in [-0.25, -0.2) is 0 Å². The molecule has 0 saturated carbocycles. The van der Waals surface area contributed by atoms with Gasteiger partial charge < -0.3 is 9.64 Å². The Morgan fingerprint density at radius 1 is 1.00 bits per heavy atom. The van der Waals surface area contributed by atoms with Gasteiger partial charge in [-0.3, -0.25) is 14.6 Å². The fraction of sp³-hybridized carbons (Fsp3) is 0.381. The van der Waals surface area contributed by atoms with Crippen molar-refractivity contribution in [1.29, 1.82) is 0 Å². The van der Waals surface area contributed by atoms with Crippen molar-refractivity contribution in [2.45, 2.75) is 0 Å². The molecule has 2 aromatic carbocycles. The first-order valence-electron chi connectivity index (χ1n) is 9.26. The van der Waals surface area contributed by atoms with Crippen LogP contribution in [0.15, 0.2) is 54.6 Å². The van der Waals surface area contributed by atoms with E-state index in [1.54, 1.807) is 4.90 Å². The number of rotatable bonds is 7. The Balaban J connectivity index is 1.36. The number of hydrogen-bond donors (Lipinski definition) is 0. The van der Waals surface area contributed by atoms with Gasteiger partial charge in [0.05, 0.1) is 6.54 Å². The number of carbonyl (C=O) groups is 1. The number of ether oxygens (including phenoxy) is 1. The smallest absolute Gasteiger partial charge is 0.240 e. The SMILES string of the molecule is CN(C(=O)CN1CCN(CCOc2ccc(Cl)cc2)CC1)c1ccccc1. The maximum absolute atomic E-state index is 12.5. The minimum atomic E-state index is 0.126. The third-order valence-corrected chi connectivity index (χ3v) is 5.08. The Hall–Kier alpha value is -2.08. The van der Waals surface area contributed by atoms with Crippen LogP contribution in [0.5, 0.6) is 5.75 Å². The zero-order valence-corrected chi connectivity index (χ0v) is 16.4. The lowest BCUT2D eigenvalue weighted by Gasteiger charge is -2.34. The minimum Gasteiger partial charge on any atom is -0.492 e. The Labute approximate surface area is 166 Å². The van der Waals surface area contributed by atoms with Crippen LogP contribution in [-0.2, 0) is 4.79 Å². The second-order valence-corrected chi connectivity index (χ2v) is 7.14. The first-order chi connectivity index (χ1) is 13.1. The Morgan fingerprint density at radius 2 is 1.63 bits per heavy atom. The fourth-order valence-electron chi connectivity index (χ4n) is 3.09. The lowest BCUT2D eigenvalue weighted by Crippen LogP contribution is -2.50. The fourth-order valence-corrected chi connectivity index (χ4v) is 3.21. The van der Waals surface area contributed by atoms with Gasteiger partial charge in [0.1, 0.15) is 12.4 Å². The number of carbonyl (C=O) groups excluding carboxylic acids is 1. The van der Waals surface area contributed by atoms with E-state index in [1.807, 2.05) is 61.6 Å². The van der Waals surface area contributed by atoms with Crippen molar-refractivity contribution in [2.75, 3.05) is 57.8 Å². The summed E-state index contributed by atoms with van der Waals surface area (Å²) in [6.45, 7) is 5.69. The molecule has 0 bridgehead atoms. The van der Waals surface area contributed by atoms with Gasteiger partial charge in [0.25, 0.3) is 0 Å². The maximum atomic E-state index is 12.5. The molecule has 0 unspecified atom stereocenters. The molecule has 0 aromatic heterocycles. The van der Waals surface area contributed by atoms with Gasteiger partial charge in [0.15, 0.2) is 0 Å². The number of anilines is 1. The molecule has 0 aliphatic carbocycles. The molecule has 0 spiro atoms. The summed E-state index contributed by atoms with van der Waals surface area (Å²) < 4.78 is 5.76. The number of para-hydroxylation sites is 1. The Bertz CT molecular complexity index is 716. The maximum Gasteiger partial charge on any atom is 0.240 e. The quantitative estimate of drug-likeness (QED) is 0.731. The lowest BCUT2D eigenvalue weighted by molar-refractivity contribution is -0.119. The van der Waals surface area contributed by atoms with E-state index in [4.69, 9.17) is 16.3 Å². The first-order valence-corrected chi connectivity index (χ1v) is 9.64. The normalized spacial score (nSPS) is 15.5. The molecule has 1 saturated heterocycles. The van der Waals surface area contributed by atoms with Gasteiger partial charge in [-0.15, -0.1) is 0 Å². The van der Waals surface area contributed by atoms with E-state index < -0.39 is 0 Å². The molecule has 1 amide bonds. The van der Waals surface area contributed by atoms with Crippen molar-refractivity contribution in [1.82, 2.24) is 9.80 Å². The summed E-state index contributed by atoms with van der Waals surface area (Å²) >= 11 is 5.88. The van der Waals surface area contributed by atoms with Gasteiger partial charge in [-0.1, -0.05) is 29.8 Å². The van der Waals surface area contributed by atoms with Crippen LogP contribution in [-0.4, -0.2) is 68.6 Å². The number of benzene rings is 2. The molecule has 1 aliphatic rings. The van der Waals surface area contributed by atoms with Crippen molar-refractivity contribution in [3.05, 3.63) is 59.6 Å². The largest absolute Gasteiger partial charge is 0.492 e. The lowest BCUT2D eigenvalue weighted by atomic mass is 10.2. The van der Waals surface area contributed by atoms with Gasteiger partial charge in [0.2, 0.25) is 5.91 Å². The standard InChI is InChI=1S/C21H26ClN3O2/c1-23(19-5-3-2-4-6-19)21(26)17-25-13-11-24(12-14-25)15-16-27-20-9-7-18(22)8-10-20/h2-10H,11-17H2,1H3. The molecule has 1 heterocycles. The van der Waals surface area contributed by atoms with Crippen molar-refractivity contribution in [2.24, 2.45) is 0 Å². The minimum absolute atomic E-state index is 0.126. The number of hydrogen-bond acceptors (Lipinski definition) is 4. The average Bonchev–Trinajstić information content (AvgIpc) is 2.71. The molecule has 27 heavy (non-hydrogen) atoms. The van der Waals surface area contributed by atoms with E-state index in [-0.39, 0.29) is 5.91 Å². The summed E-state index contributed by atoms with van der Waals surface area (Å²) in [7, 11) is 1.84. The summed E-state index contributed by atoms with van der Waals surface area (Å²) in [5.74, 6) is 0.966. The van der Waals surface area contributed by atoms with E-state index in [0.29, 0.717) is 18.2 Å². The second kappa shape index (κ2) is 9.74. The van der Waals surface area contributed by atoms with E-state index in [9.17, 15) is 4.79 Å². The Kier molecular flexibility index (Phi) is 7.10. The first kappa shape index (κ1) is 19.7. The molecule has 144 valence electrons. The number of piperazine rings is 1. The highest BCUT2D eigenvalue weighted by Crippen LogP contribution is 2.15. The predicted molar refractivity (Wildman–Crippen MR) is 110 cm³/mol. The number of nitrogens with zero attached hydrogens (tertiary/aromatic N) is 3. The molecule has 3 rings (SSSR count). The van der Waals surface area contributed by atoms with Crippen LogP contribution >= 0.6 is 11.6 Å².